The SMILES string of the molecule is CCN1CCC(Cc2cc(Cl)c(N)nn2)CC1. The summed E-state index contributed by atoms with van der Waals surface area (Å²) in [6.45, 7) is 5.75. The lowest BCUT2D eigenvalue weighted by molar-refractivity contribution is 0.191. The third kappa shape index (κ3) is 3.30. The molecule has 1 fully saturated rings. The van der Waals surface area contributed by atoms with Crippen LogP contribution in [0, 0.1) is 5.92 Å². The molecular weight excluding hydrogens is 236 g/mol. The maximum Gasteiger partial charge on any atom is 0.164 e. The summed E-state index contributed by atoms with van der Waals surface area (Å²) >= 11 is 5.94. The van der Waals surface area contributed by atoms with Gasteiger partial charge in [-0.15, -0.1) is 5.10 Å². The van der Waals surface area contributed by atoms with Gasteiger partial charge in [0.1, 0.15) is 0 Å². The number of nitrogens with two attached hydrogens (primary N) is 1. The highest BCUT2D eigenvalue weighted by atomic mass is 35.5. The molecule has 17 heavy (non-hydrogen) atoms. The topological polar surface area (TPSA) is 55.0 Å². The minimum atomic E-state index is 0.316. The number of anilines is 1. The van der Waals surface area contributed by atoms with Crippen molar-refractivity contribution < 1.29 is 0 Å². The van der Waals surface area contributed by atoms with E-state index in [1.807, 2.05) is 6.07 Å². The summed E-state index contributed by atoms with van der Waals surface area (Å²) in [4.78, 5) is 2.48. The molecule has 1 aliphatic heterocycles. The Kier molecular flexibility index (Phi) is 4.18. The molecule has 1 aromatic heterocycles. The number of halogens is 1. The summed E-state index contributed by atoms with van der Waals surface area (Å²) in [5.74, 6) is 1.02. The average Bonchev–Trinajstić information content (AvgIpc) is 2.35. The van der Waals surface area contributed by atoms with E-state index < -0.39 is 0 Å². The van der Waals surface area contributed by atoms with E-state index in [-0.39, 0.29) is 0 Å². The van der Waals surface area contributed by atoms with Crippen LogP contribution in [0.4, 0.5) is 5.82 Å². The van der Waals surface area contributed by atoms with Crippen LogP contribution in [-0.2, 0) is 6.42 Å². The second kappa shape index (κ2) is 5.65. The molecule has 4 nitrogen and oxygen atoms in total. The van der Waals surface area contributed by atoms with Gasteiger partial charge in [0.15, 0.2) is 5.82 Å². The Hall–Kier alpha value is -0.870. The molecule has 0 amide bonds. The van der Waals surface area contributed by atoms with Crippen LogP contribution in [0.15, 0.2) is 6.07 Å². The third-order valence-electron chi connectivity index (χ3n) is 3.48. The fourth-order valence-electron chi connectivity index (χ4n) is 2.32. The van der Waals surface area contributed by atoms with E-state index in [9.17, 15) is 0 Å². The maximum absolute atomic E-state index is 5.94. The van der Waals surface area contributed by atoms with Crippen molar-refractivity contribution in [1.29, 1.82) is 0 Å². The quantitative estimate of drug-likeness (QED) is 0.896. The number of nitrogens with zero attached hydrogens (tertiary/aromatic N) is 3. The molecule has 0 unspecified atom stereocenters. The summed E-state index contributed by atoms with van der Waals surface area (Å²) in [5, 5.41) is 8.47. The van der Waals surface area contributed by atoms with Crippen molar-refractivity contribution in [2.45, 2.75) is 26.2 Å². The minimum Gasteiger partial charge on any atom is -0.381 e. The first kappa shape index (κ1) is 12.6. The predicted molar refractivity (Wildman–Crippen MR) is 70.0 cm³/mol. The Labute approximate surface area is 107 Å². The number of aromatic nitrogens is 2. The molecule has 0 saturated carbocycles. The van der Waals surface area contributed by atoms with Gasteiger partial charge in [-0.25, -0.2) is 0 Å². The zero-order valence-electron chi connectivity index (χ0n) is 10.2. The number of hydrogen-bond donors (Lipinski definition) is 1. The molecule has 0 radical (unpaired) electrons. The van der Waals surface area contributed by atoms with Gasteiger partial charge in [0.05, 0.1) is 10.7 Å². The number of rotatable bonds is 3. The molecule has 1 aliphatic rings. The van der Waals surface area contributed by atoms with E-state index >= 15 is 0 Å². The summed E-state index contributed by atoms with van der Waals surface area (Å²) in [5.41, 5.74) is 6.50. The summed E-state index contributed by atoms with van der Waals surface area (Å²) in [7, 11) is 0. The fourth-order valence-corrected chi connectivity index (χ4v) is 2.48. The Morgan fingerprint density at radius 3 is 2.71 bits per heavy atom. The van der Waals surface area contributed by atoms with Crippen molar-refractivity contribution in [3.05, 3.63) is 16.8 Å². The van der Waals surface area contributed by atoms with Crippen LogP contribution in [0.3, 0.4) is 0 Å². The second-order valence-electron chi connectivity index (χ2n) is 4.65. The van der Waals surface area contributed by atoms with Gasteiger partial charge in [0, 0.05) is 0 Å². The largest absolute Gasteiger partial charge is 0.381 e. The van der Waals surface area contributed by atoms with E-state index in [0.29, 0.717) is 16.8 Å². The standard InChI is InChI=1S/C12H19ClN4/c1-2-17-5-3-9(4-6-17)7-10-8-11(13)12(14)16-15-10/h8-9H,2-7H2,1H3,(H2,14,16). The Morgan fingerprint density at radius 1 is 1.41 bits per heavy atom. The molecule has 1 saturated heterocycles. The highest BCUT2D eigenvalue weighted by Gasteiger charge is 2.19. The lowest BCUT2D eigenvalue weighted by Gasteiger charge is -2.30. The molecule has 0 atom stereocenters. The van der Waals surface area contributed by atoms with Crippen molar-refractivity contribution in [2.75, 3.05) is 25.4 Å². The van der Waals surface area contributed by atoms with Gasteiger partial charge in [-0.1, -0.05) is 18.5 Å². The number of likely N-dealkylation sites (tertiary alicyclic amines) is 1. The van der Waals surface area contributed by atoms with Gasteiger partial charge < -0.3 is 10.6 Å². The molecule has 0 aromatic carbocycles. The molecule has 5 heteroatoms. The van der Waals surface area contributed by atoms with Crippen molar-refractivity contribution >= 4 is 17.4 Å². The molecule has 2 rings (SSSR count). The van der Waals surface area contributed by atoms with Crippen LogP contribution in [0.1, 0.15) is 25.5 Å². The summed E-state index contributed by atoms with van der Waals surface area (Å²) < 4.78 is 0. The zero-order valence-corrected chi connectivity index (χ0v) is 11.0. The van der Waals surface area contributed by atoms with Crippen molar-refractivity contribution in [3.8, 4) is 0 Å². The number of nitrogen functional groups attached to an aromatic ring is 1. The highest BCUT2D eigenvalue weighted by Crippen LogP contribution is 2.22. The van der Waals surface area contributed by atoms with Gasteiger partial charge in [-0.05, 0) is 50.9 Å². The van der Waals surface area contributed by atoms with Crippen LogP contribution in [-0.4, -0.2) is 34.7 Å². The van der Waals surface area contributed by atoms with Crippen LogP contribution in [0.2, 0.25) is 5.02 Å². The molecule has 94 valence electrons. The van der Waals surface area contributed by atoms with Crippen LogP contribution in [0.5, 0.6) is 0 Å². The predicted octanol–water partition coefficient (Wildman–Crippen LogP) is 1.99. The van der Waals surface area contributed by atoms with Crippen molar-refractivity contribution in [3.63, 3.8) is 0 Å². The van der Waals surface area contributed by atoms with Crippen LogP contribution >= 0.6 is 11.6 Å². The second-order valence-corrected chi connectivity index (χ2v) is 5.06. The van der Waals surface area contributed by atoms with Gasteiger partial charge in [-0.3, -0.25) is 0 Å². The third-order valence-corrected chi connectivity index (χ3v) is 3.78. The fraction of sp³-hybridized carbons (Fsp3) is 0.667. The normalized spacial score (nSPS) is 18.5. The van der Waals surface area contributed by atoms with E-state index in [4.69, 9.17) is 17.3 Å². The van der Waals surface area contributed by atoms with E-state index in [2.05, 4.69) is 22.0 Å². The average molecular weight is 255 g/mol. The highest BCUT2D eigenvalue weighted by molar-refractivity contribution is 6.32. The molecule has 0 spiro atoms. The molecule has 2 heterocycles. The smallest absolute Gasteiger partial charge is 0.164 e. The van der Waals surface area contributed by atoms with Crippen molar-refractivity contribution in [1.82, 2.24) is 15.1 Å². The molecule has 0 bridgehead atoms. The zero-order chi connectivity index (χ0) is 12.3. The van der Waals surface area contributed by atoms with E-state index in [1.165, 1.54) is 25.9 Å². The lowest BCUT2D eigenvalue weighted by atomic mass is 9.92. The molecule has 0 aliphatic carbocycles. The van der Waals surface area contributed by atoms with E-state index in [1.54, 1.807) is 0 Å². The molecule has 1 aromatic rings. The molecular formula is C12H19ClN4. The first-order valence-electron chi connectivity index (χ1n) is 6.19. The Balaban J connectivity index is 1.91. The Bertz CT molecular complexity index is 375. The maximum atomic E-state index is 5.94. The van der Waals surface area contributed by atoms with E-state index in [0.717, 1.165) is 18.7 Å². The number of piperidine rings is 1. The van der Waals surface area contributed by atoms with Gasteiger partial charge in [0.2, 0.25) is 0 Å². The molecule has 2 N–H and O–H groups in total. The van der Waals surface area contributed by atoms with Gasteiger partial charge in [0.25, 0.3) is 0 Å². The van der Waals surface area contributed by atoms with Crippen molar-refractivity contribution in [2.24, 2.45) is 5.92 Å². The van der Waals surface area contributed by atoms with Gasteiger partial charge in [-0.2, -0.15) is 5.10 Å². The first-order valence-corrected chi connectivity index (χ1v) is 6.56. The first-order chi connectivity index (χ1) is 8.19. The van der Waals surface area contributed by atoms with Crippen LogP contribution in [0.25, 0.3) is 0 Å². The monoisotopic (exact) mass is 254 g/mol. The summed E-state index contributed by atoms with van der Waals surface area (Å²) in [6.07, 6.45) is 3.43. The Morgan fingerprint density at radius 2 is 2.12 bits per heavy atom. The van der Waals surface area contributed by atoms with Crippen LogP contribution < -0.4 is 5.73 Å². The van der Waals surface area contributed by atoms with Gasteiger partial charge >= 0.3 is 0 Å². The number of hydrogen-bond acceptors (Lipinski definition) is 4. The lowest BCUT2D eigenvalue weighted by Crippen LogP contribution is -2.34. The minimum absolute atomic E-state index is 0.316. The summed E-state index contributed by atoms with van der Waals surface area (Å²) in [6, 6.07) is 1.84.